The van der Waals surface area contributed by atoms with E-state index >= 15 is 0 Å². The molecule has 10 nitrogen and oxygen atoms in total. The summed E-state index contributed by atoms with van der Waals surface area (Å²) in [5.74, 6) is -1.33. The topological polar surface area (TPSA) is 151 Å². The number of benzene rings is 2. The van der Waals surface area contributed by atoms with E-state index in [1.165, 1.54) is 6.20 Å². The molecule has 1 aliphatic heterocycles. The van der Waals surface area contributed by atoms with E-state index in [1.807, 2.05) is 54.6 Å². The Balaban J connectivity index is 1.28. The number of carbonyl (C=O) groups is 4. The Bertz CT molecular complexity index is 1550. The molecule has 2 unspecified atom stereocenters. The Morgan fingerprint density at radius 1 is 1.05 bits per heavy atom. The Morgan fingerprint density at radius 3 is 2.43 bits per heavy atom. The van der Waals surface area contributed by atoms with Crippen LogP contribution in [0.25, 0.3) is 0 Å². The van der Waals surface area contributed by atoms with Crippen molar-refractivity contribution >= 4 is 40.4 Å². The molecule has 3 N–H and O–H groups in total. The number of likely N-dealkylation sites (tertiary alicyclic amines) is 1. The monoisotopic (exact) mass is 586 g/mol. The maximum Gasteiger partial charge on any atom is 0.254 e. The predicted octanol–water partition coefficient (Wildman–Crippen LogP) is 3.51. The van der Waals surface area contributed by atoms with Crippen molar-refractivity contribution in [3.63, 3.8) is 0 Å². The fraction of sp³-hybridized carbons (Fsp3) is 0.355. The number of nitrogens with two attached hydrogens (primary N) is 1. The molecule has 216 valence electrons. The van der Waals surface area contributed by atoms with E-state index in [0.29, 0.717) is 38.8 Å². The number of anilines is 1. The molecule has 2 aromatic carbocycles. The van der Waals surface area contributed by atoms with Crippen molar-refractivity contribution in [2.24, 2.45) is 11.7 Å². The van der Waals surface area contributed by atoms with Gasteiger partial charge in [0.25, 0.3) is 5.91 Å². The van der Waals surface area contributed by atoms with Gasteiger partial charge in [0.15, 0.2) is 5.82 Å². The third kappa shape index (κ3) is 6.37. The summed E-state index contributed by atoms with van der Waals surface area (Å²) in [6.07, 6.45) is 3.55. The minimum absolute atomic E-state index is 0.0109. The largest absolute Gasteiger partial charge is 0.365 e. The highest BCUT2D eigenvalue weighted by Crippen LogP contribution is 2.48. The van der Waals surface area contributed by atoms with Crippen LogP contribution in [0.15, 0.2) is 60.8 Å². The summed E-state index contributed by atoms with van der Waals surface area (Å²) in [5.41, 5.74) is 7.61. The number of primary amides is 1. The molecule has 3 amide bonds. The van der Waals surface area contributed by atoms with Crippen molar-refractivity contribution in [2.75, 3.05) is 18.4 Å². The Morgan fingerprint density at radius 2 is 1.76 bits per heavy atom. The first-order valence-electron chi connectivity index (χ1n) is 13.9. The normalized spacial score (nSPS) is 19.0. The second-order valence-electron chi connectivity index (χ2n) is 11.0. The van der Waals surface area contributed by atoms with E-state index in [4.69, 9.17) is 17.3 Å². The fourth-order valence-corrected chi connectivity index (χ4v) is 5.89. The maximum atomic E-state index is 13.2. The maximum absolute atomic E-state index is 13.2. The molecule has 3 aromatic rings. The fourth-order valence-electron chi connectivity index (χ4n) is 5.73. The summed E-state index contributed by atoms with van der Waals surface area (Å²) < 4.78 is 1.57. The summed E-state index contributed by atoms with van der Waals surface area (Å²) in [7, 11) is 0. The van der Waals surface area contributed by atoms with Gasteiger partial charge in [-0.05, 0) is 53.5 Å². The van der Waals surface area contributed by atoms with Crippen molar-refractivity contribution in [1.29, 1.82) is 5.26 Å². The minimum atomic E-state index is -0.756. The molecular weight excluding hydrogens is 556 g/mol. The number of hydrogen-bond acceptors (Lipinski definition) is 6. The number of halogens is 1. The number of rotatable bonds is 10. The Hall–Kier alpha value is -4.49. The summed E-state index contributed by atoms with van der Waals surface area (Å²) in [6, 6.07) is 19.2. The lowest BCUT2D eigenvalue weighted by Crippen LogP contribution is -2.48. The van der Waals surface area contributed by atoms with Gasteiger partial charge >= 0.3 is 0 Å². The van der Waals surface area contributed by atoms with Crippen molar-refractivity contribution in [3.05, 3.63) is 83.0 Å². The smallest absolute Gasteiger partial charge is 0.254 e. The third-order valence-electron chi connectivity index (χ3n) is 8.21. The number of amides is 3. The van der Waals surface area contributed by atoms with Gasteiger partial charge in [-0.2, -0.15) is 10.4 Å². The lowest BCUT2D eigenvalue weighted by molar-refractivity contribution is -0.132. The van der Waals surface area contributed by atoms with Gasteiger partial charge in [-0.15, -0.1) is 0 Å². The van der Waals surface area contributed by atoms with Crippen molar-refractivity contribution in [3.8, 4) is 6.07 Å². The van der Waals surface area contributed by atoms with Gasteiger partial charge in [0, 0.05) is 31.6 Å². The Labute approximate surface area is 248 Å². The Kier molecular flexibility index (Phi) is 8.41. The SMILES string of the molecule is N#CCC1(n2cc(C(N)=O)c(NC(=O)C3CC3c3cccc(CC(=O)Cl)c3)n2)CCN(C(=O)Cc2ccccc2)CC1. The van der Waals surface area contributed by atoms with Gasteiger partial charge in [0.2, 0.25) is 17.1 Å². The zero-order chi connectivity index (χ0) is 29.9. The van der Waals surface area contributed by atoms with Crippen LogP contribution in [0.3, 0.4) is 0 Å². The number of hydrogen-bond donors (Lipinski definition) is 2. The molecule has 1 aromatic heterocycles. The van der Waals surface area contributed by atoms with Crippen LogP contribution in [0.5, 0.6) is 0 Å². The summed E-state index contributed by atoms with van der Waals surface area (Å²) >= 11 is 5.52. The van der Waals surface area contributed by atoms with E-state index in [2.05, 4.69) is 16.5 Å². The molecular formula is C31H31ClN6O4. The highest BCUT2D eigenvalue weighted by atomic mass is 35.5. The highest BCUT2D eigenvalue weighted by Gasteiger charge is 2.45. The average molecular weight is 587 g/mol. The van der Waals surface area contributed by atoms with Gasteiger partial charge < -0.3 is 16.0 Å². The standard InChI is InChI=1S/C31H31ClN6O4/c32-26(39)16-21-7-4-8-22(15-21)23-18-24(23)30(42)35-29-25(28(34)41)19-38(36-29)31(9-12-33)10-13-37(14-11-31)27(40)17-20-5-2-1-3-6-20/h1-8,15,19,23-24H,9-11,13-14,16-18H2,(H2,34,41)(H,35,36,42). The van der Waals surface area contributed by atoms with Crippen LogP contribution in [0, 0.1) is 17.2 Å². The number of nitrogens with zero attached hydrogens (tertiary/aromatic N) is 4. The van der Waals surface area contributed by atoms with Crippen molar-refractivity contribution in [2.45, 2.75) is 50.0 Å². The van der Waals surface area contributed by atoms with E-state index in [9.17, 15) is 24.4 Å². The van der Waals surface area contributed by atoms with Gasteiger partial charge in [-0.3, -0.25) is 23.9 Å². The van der Waals surface area contributed by atoms with Gasteiger partial charge in [0.05, 0.1) is 24.4 Å². The summed E-state index contributed by atoms with van der Waals surface area (Å²) in [6.45, 7) is 0.859. The lowest BCUT2D eigenvalue weighted by atomic mass is 9.84. The molecule has 5 rings (SSSR count). The van der Waals surface area contributed by atoms with Crippen molar-refractivity contribution in [1.82, 2.24) is 14.7 Å². The van der Waals surface area contributed by atoms with E-state index in [-0.39, 0.29) is 47.9 Å². The van der Waals surface area contributed by atoms with Gasteiger partial charge in [-0.25, -0.2) is 0 Å². The van der Waals surface area contributed by atoms with E-state index < -0.39 is 16.7 Å². The molecule has 0 spiro atoms. The first-order valence-corrected chi connectivity index (χ1v) is 14.2. The van der Waals surface area contributed by atoms with Crippen LogP contribution in [0.4, 0.5) is 5.82 Å². The lowest BCUT2D eigenvalue weighted by Gasteiger charge is -2.40. The predicted molar refractivity (Wildman–Crippen MR) is 155 cm³/mol. The number of carbonyl (C=O) groups excluding carboxylic acids is 4. The average Bonchev–Trinajstić information content (AvgIpc) is 3.66. The molecule has 2 atom stereocenters. The molecule has 1 saturated carbocycles. The number of aromatic nitrogens is 2. The molecule has 2 fully saturated rings. The second kappa shape index (κ2) is 12.2. The van der Waals surface area contributed by atoms with Crippen LogP contribution in [-0.2, 0) is 32.8 Å². The zero-order valence-corrected chi connectivity index (χ0v) is 23.7. The number of nitriles is 1. The molecule has 0 radical (unpaired) electrons. The summed E-state index contributed by atoms with van der Waals surface area (Å²) in [4.78, 5) is 51.5. The summed E-state index contributed by atoms with van der Waals surface area (Å²) in [5, 5.41) is 16.6. The van der Waals surface area contributed by atoms with Crippen LogP contribution in [0.1, 0.15) is 58.6 Å². The molecule has 42 heavy (non-hydrogen) atoms. The molecule has 11 heteroatoms. The molecule has 2 heterocycles. The first kappa shape index (κ1) is 29.0. The van der Waals surface area contributed by atoms with Crippen molar-refractivity contribution < 1.29 is 19.2 Å². The molecule has 1 saturated heterocycles. The van der Waals surface area contributed by atoms with Crippen LogP contribution in [0.2, 0.25) is 0 Å². The van der Waals surface area contributed by atoms with E-state index in [1.54, 1.807) is 9.58 Å². The number of piperidine rings is 1. The second-order valence-corrected chi connectivity index (χ2v) is 11.4. The van der Waals surface area contributed by atoms with Gasteiger partial charge in [0.1, 0.15) is 5.56 Å². The molecule has 0 bridgehead atoms. The minimum Gasteiger partial charge on any atom is -0.365 e. The van der Waals surface area contributed by atoms with Crippen LogP contribution in [-0.4, -0.2) is 50.7 Å². The zero-order valence-electron chi connectivity index (χ0n) is 23.0. The molecule has 1 aliphatic carbocycles. The van der Waals surface area contributed by atoms with E-state index in [0.717, 1.165) is 16.7 Å². The third-order valence-corrected chi connectivity index (χ3v) is 8.34. The first-order chi connectivity index (χ1) is 20.2. The van der Waals surface area contributed by atoms with Crippen LogP contribution >= 0.6 is 11.6 Å². The van der Waals surface area contributed by atoms with Crippen LogP contribution < -0.4 is 11.1 Å². The number of nitrogens with one attached hydrogen (secondary N) is 1. The van der Waals surface area contributed by atoms with Gasteiger partial charge in [-0.1, -0.05) is 54.6 Å². The molecule has 2 aliphatic rings. The quantitative estimate of drug-likeness (QED) is 0.347. The highest BCUT2D eigenvalue weighted by molar-refractivity contribution is 6.63.